The lowest BCUT2D eigenvalue weighted by atomic mass is 9.83. The van der Waals surface area contributed by atoms with Crippen molar-refractivity contribution >= 4 is 17.5 Å². The molecule has 2 N–H and O–H groups in total. The summed E-state index contributed by atoms with van der Waals surface area (Å²) in [6.07, 6.45) is 5.41. The molecule has 0 amide bonds. The highest BCUT2D eigenvalue weighted by Crippen LogP contribution is 2.46. The Morgan fingerprint density at radius 3 is 3.00 bits per heavy atom. The molecule has 0 aromatic heterocycles. The van der Waals surface area contributed by atoms with Crippen LogP contribution in [0.4, 0.5) is 0 Å². The Morgan fingerprint density at radius 2 is 2.42 bits per heavy atom. The van der Waals surface area contributed by atoms with Crippen LogP contribution in [0.25, 0.3) is 0 Å². The lowest BCUT2D eigenvalue weighted by molar-refractivity contribution is -0.116. The summed E-state index contributed by atoms with van der Waals surface area (Å²) in [5.41, 5.74) is 5.91. The van der Waals surface area contributed by atoms with E-state index in [9.17, 15) is 4.79 Å². The van der Waals surface area contributed by atoms with Crippen LogP contribution < -0.4 is 5.73 Å². The molecule has 0 radical (unpaired) electrons. The van der Waals surface area contributed by atoms with Crippen LogP contribution in [0.5, 0.6) is 0 Å². The predicted octanol–water partition coefficient (Wildman–Crippen LogP) is 1.33. The molecule has 0 aromatic carbocycles. The largest absolute Gasteiger partial charge is 0.328 e. The van der Waals surface area contributed by atoms with Gasteiger partial charge in [0, 0.05) is 17.2 Å². The lowest BCUT2D eigenvalue weighted by Crippen LogP contribution is -2.37. The van der Waals surface area contributed by atoms with Crippen molar-refractivity contribution in [3.05, 3.63) is 0 Å². The summed E-state index contributed by atoms with van der Waals surface area (Å²) in [5, 5.41) is 0. The highest BCUT2D eigenvalue weighted by atomic mass is 32.2. The van der Waals surface area contributed by atoms with E-state index in [1.165, 1.54) is 12.8 Å². The lowest BCUT2D eigenvalue weighted by Gasteiger charge is -2.34. The highest BCUT2D eigenvalue weighted by Gasteiger charge is 2.41. The maximum atomic E-state index is 11.2. The minimum Gasteiger partial charge on any atom is -0.328 e. The number of carbonyl (C=O) groups excluding carboxylic acids is 1. The quantitative estimate of drug-likeness (QED) is 0.619. The van der Waals surface area contributed by atoms with E-state index in [-0.39, 0.29) is 4.75 Å². The van der Waals surface area contributed by atoms with E-state index in [1.54, 1.807) is 0 Å². The Hall–Kier alpha value is -0.0200. The summed E-state index contributed by atoms with van der Waals surface area (Å²) in [5.74, 6) is 1.15. The standard InChI is InChI=1S/C9H15NOS/c10-7-2-1-3-9(4-7)5-8(11)6-12-9/h7H,1-6,10H2. The Kier molecular flexibility index (Phi) is 2.17. The van der Waals surface area contributed by atoms with Crippen LogP contribution in [0.3, 0.4) is 0 Å². The van der Waals surface area contributed by atoms with Gasteiger partial charge >= 0.3 is 0 Å². The van der Waals surface area contributed by atoms with Crippen LogP contribution in [0, 0.1) is 0 Å². The second-order valence-corrected chi connectivity index (χ2v) is 5.49. The van der Waals surface area contributed by atoms with E-state index in [0.717, 1.165) is 25.0 Å². The molecule has 3 heteroatoms. The Morgan fingerprint density at radius 1 is 1.58 bits per heavy atom. The molecule has 1 saturated heterocycles. The maximum Gasteiger partial charge on any atom is 0.144 e. The Balaban J connectivity index is 2.05. The average Bonchev–Trinajstić information content (AvgIpc) is 2.32. The van der Waals surface area contributed by atoms with Crippen LogP contribution in [0.15, 0.2) is 0 Å². The molecule has 2 fully saturated rings. The SMILES string of the molecule is NC1CCCC2(CC(=O)CS2)C1. The van der Waals surface area contributed by atoms with Crippen molar-refractivity contribution in [2.45, 2.75) is 42.9 Å². The third kappa shape index (κ3) is 1.52. The Labute approximate surface area is 77.3 Å². The predicted molar refractivity (Wildman–Crippen MR) is 51.3 cm³/mol. The Bertz CT molecular complexity index is 207. The molecule has 0 bridgehead atoms. The third-order valence-electron chi connectivity index (χ3n) is 2.90. The zero-order chi connectivity index (χ0) is 8.60. The zero-order valence-electron chi connectivity index (χ0n) is 7.21. The van der Waals surface area contributed by atoms with Crippen LogP contribution in [0.2, 0.25) is 0 Å². The van der Waals surface area contributed by atoms with Crippen molar-refractivity contribution in [1.29, 1.82) is 0 Å². The van der Waals surface area contributed by atoms with E-state index in [4.69, 9.17) is 5.73 Å². The molecule has 2 atom stereocenters. The van der Waals surface area contributed by atoms with Gasteiger partial charge in [-0.1, -0.05) is 6.42 Å². The topological polar surface area (TPSA) is 43.1 Å². The van der Waals surface area contributed by atoms with E-state index < -0.39 is 0 Å². The first kappa shape index (κ1) is 8.57. The van der Waals surface area contributed by atoms with Gasteiger partial charge in [0.05, 0.1) is 5.75 Å². The highest BCUT2D eigenvalue weighted by molar-refractivity contribution is 8.01. The summed E-state index contributed by atoms with van der Waals surface area (Å²) < 4.78 is 0.259. The normalized spacial score (nSPS) is 42.4. The van der Waals surface area contributed by atoms with Crippen molar-refractivity contribution in [2.24, 2.45) is 5.73 Å². The summed E-state index contributed by atoms with van der Waals surface area (Å²) in [6.45, 7) is 0. The van der Waals surface area contributed by atoms with Crippen molar-refractivity contribution < 1.29 is 4.79 Å². The van der Waals surface area contributed by atoms with Crippen LogP contribution in [-0.2, 0) is 4.79 Å². The molecule has 2 unspecified atom stereocenters. The molecule has 2 aliphatic rings. The van der Waals surface area contributed by atoms with E-state index in [0.29, 0.717) is 11.8 Å². The van der Waals surface area contributed by atoms with Crippen molar-refractivity contribution in [3.8, 4) is 0 Å². The number of ketones is 1. The molecule has 1 aliphatic heterocycles. The fourth-order valence-corrected chi connectivity index (χ4v) is 3.81. The number of Topliss-reactive ketones (excluding diaryl/α,β-unsaturated/α-hetero) is 1. The van der Waals surface area contributed by atoms with Crippen molar-refractivity contribution in [1.82, 2.24) is 0 Å². The minimum atomic E-state index is 0.259. The van der Waals surface area contributed by atoms with Gasteiger partial charge in [0.15, 0.2) is 0 Å². The average molecular weight is 185 g/mol. The van der Waals surface area contributed by atoms with Gasteiger partial charge in [-0.2, -0.15) is 0 Å². The summed E-state index contributed by atoms with van der Waals surface area (Å²) >= 11 is 1.85. The number of thioether (sulfide) groups is 1. The molecule has 2 nitrogen and oxygen atoms in total. The molecule has 12 heavy (non-hydrogen) atoms. The first-order valence-corrected chi connectivity index (χ1v) is 5.60. The van der Waals surface area contributed by atoms with Gasteiger partial charge in [-0.3, -0.25) is 4.79 Å². The minimum absolute atomic E-state index is 0.259. The van der Waals surface area contributed by atoms with Gasteiger partial charge in [0.25, 0.3) is 0 Å². The van der Waals surface area contributed by atoms with Gasteiger partial charge in [-0.15, -0.1) is 11.8 Å². The van der Waals surface area contributed by atoms with E-state index >= 15 is 0 Å². The maximum absolute atomic E-state index is 11.2. The second kappa shape index (κ2) is 3.04. The van der Waals surface area contributed by atoms with Gasteiger partial charge in [0.1, 0.15) is 5.78 Å². The van der Waals surface area contributed by atoms with Crippen LogP contribution in [-0.4, -0.2) is 22.3 Å². The zero-order valence-corrected chi connectivity index (χ0v) is 8.03. The summed E-state index contributed by atoms with van der Waals surface area (Å²) in [6, 6.07) is 0.345. The van der Waals surface area contributed by atoms with E-state index in [2.05, 4.69) is 0 Å². The van der Waals surface area contributed by atoms with Crippen LogP contribution >= 0.6 is 11.8 Å². The number of hydrogen-bond donors (Lipinski definition) is 1. The van der Waals surface area contributed by atoms with Crippen LogP contribution in [0.1, 0.15) is 32.1 Å². The molecule has 1 aliphatic carbocycles. The fraction of sp³-hybridized carbons (Fsp3) is 0.889. The van der Waals surface area contributed by atoms with E-state index in [1.807, 2.05) is 11.8 Å². The van der Waals surface area contributed by atoms with Gasteiger partial charge in [-0.05, 0) is 19.3 Å². The molecule has 2 rings (SSSR count). The second-order valence-electron chi connectivity index (χ2n) is 4.04. The summed E-state index contributed by atoms with van der Waals surface area (Å²) in [4.78, 5) is 11.2. The fourth-order valence-electron chi connectivity index (χ4n) is 2.36. The first-order valence-electron chi connectivity index (χ1n) is 4.61. The monoisotopic (exact) mass is 185 g/mol. The summed E-state index contributed by atoms with van der Waals surface area (Å²) in [7, 11) is 0. The number of carbonyl (C=O) groups is 1. The molecule has 1 spiro atoms. The molecular weight excluding hydrogens is 170 g/mol. The molecule has 1 saturated carbocycles. The molecule has 0 aromatic rings. The van der Waals surface area contributed by atoms with Crippen molar-refractivity contribution in [2.75, 3.05) is 5.75 Å². The number of nitrogens with two attached hydrogens (primary N) is 1. The number of hydrogen-bond acceptors (Lipinski definition) is 3. The van der Waals surface area contributed by atoms with Gasteiger partial charge in [-0.25, -0.2) is 0 Å². The first-order chi connectivity index (χ1) is 5.70. The number of rotatable bonds is 0. The smallest absolute Gasteiger partial charge is 0.144 e. The molecule has 68 valence electrons. The van der Waals surface area contributed by atoms with Gasteiger partial charge in [0.2, 0.25) is 0 Å². The van der Waals surface area contributed by atoms with Crippen molar-refractivity contribution in [3.63, 3.8) is 0 Å². The third-order valence-corrected chi connectivity index (χ3v) is 4.49. The molecular formula is C9H15NOS. The molecule has 1 heterocycles. The van der Waals surface area contributed by atoms with Gasteiger partial charge < -0.3 is 5.73 Å².